The number of fused-ring (bicyclic) bond motifs is 1. The van der Waals surface area contributed by atoms with Crippen LogP contribution in [0.25, 0.3) is 10.9 Å². The molecule has 0 amide bonds. The summed E-state index contributed by atoms with van der Waals surface area (Å²) in [4.78, 5) is 4.79. The zero-order valence-corrected chi connectivity index (χ0v) is 25.0. The standard InChI is InChI=1S/C30H37N3O7S2/c34-25(20-39-26-4-1-5-27(16-26)41(35,36)21-22-6-7-22)18-32-24-17-30(40-19-24)10-13-33(14-11-30)42(37,38)28-8-9-29-23(15-28)3-2-12-31-29/h1-5,8-9,12,15-16,22,24-25,32,34H,6-7,10-11,13-14,17-21H2/t24-,25?/m1/s1. The number of hydrogen-bond acceptors (Lipinski definition) is 9. The summed E-state index contributed by atoms with van der Waals surface area (Å²) < 4.78 is 65.2. The lowest BCUT2D eigenvalue weighted by molar-refractivity contribution is -0.0312. The molecule has 42 heavy (non-hydrogen) atoms. The number of sulfone groups is 1. The minimum atomic E-state index is -3.62. The predicted octanol–water partition coefficient (Wildman–Crippen LogP) is 2.76. The van der Waals surface area contributed by atoms with Gasteiger partial charge in [-0.3, -0.25) is 4.98 Å². The van der Waals surface area contributed by atoms with E-state index in [1.807, 2.05) is 6.07 Å². The van der Waals surface area contributed by atoms with Crippen molar-refractivity contribution in [1.82, 2.24) is 14.6 Å². The van der Waals surface area contributed by atoms with Gasteiger partial charge in [0.05, 0.1) is 33.3 Å². The van der Waals surface area contributed by atoms with Crippen molar-refractivity contribution >= 4 is 30.8 Å². The van der Waals surface area contributed by atoms with Crippen LogP contribution in [0.4, 0.5) is 0 Å². The van der Waals surface area contributed by atoms with Crippen molar-refractivity contribution in [1.29, 1.82) is 0 Å². The van der Waals surface area contributed by atoms with Crippen LogP contribution in [-0.2, 0) is 24.6 Å². The molecule has 1 aliphatic carbocycles. The number of aliphatic hydroxyl groups is 1. The smallest absolute Gasteiger partial charge is 0.243 e. The third-order valence-electron chi connectivity index (χ3n) is 8.46. The number of hydrogen-bond donors (Lipinski definition) is 2. The highest BCUT2D eigenvalue weighted by atomic mass is 32.2. The van der Waals surface area contributed by atoms with Gasteiger partial charge in [-0.1, -0.05) is 12.1 Å². The van der Waals surface area contributed by atoms with E-state index in [1.165, 1.54) is 10.4 Å². The molecule has 1 saturated carbocycles. The van der Waals surface area contributed by atoms with E-state index in [-0.39, 0.29) is 39.7 Å². The molecule has 226 valence electrons. The van der Waals surface area contributed by atoms with Crippen molar-refractivity contribution in [2.24, 2.45) is 5.92 Å². The predicted molar refractivity (Wildman–Crippen MR) is 158 cm³/mol. The first-order valence-electron chi connectivity index (χ1n) is 14.5. The second-order valence-corrected chi connectivity index (χ2v) is 15.7. The fourth-order valence-electron chi connectivity index (χ4n) is 5.82. The molecule has 2 aliphatic heterocycles. The second-order valence-electron chi connectivity index (χ2n) is 11.7. The fraction of sp³-hybridized carbons (Fsp3) is 0.500. The molecule has 10 nitrogen and oxygen atoms in total. The summed E-state index contributed by atoms with van der Waals surface area (Å²) in [5.74, 6) is 0.848. The van der Waals surface area contributed by atoms with Gasteiger partial charge in [0.2, 0.25) is 10.0 Å². The van der Waals surface area contributed by atoms with Crippen molar-refractivity contribution in [3.05, 3.63) is 60.8 Å². The van der Waals surface area contributed by atoms with E-state index in [0.717, 1.165) is 30.2 Å². The maximum Gasteiger partial charge on any atom is 0.243 e. The molecule has 1 unspecified atom stereocenters. The number of piperidine rings is 1. The minimum absolute atomic E-state index is 0.0233. The van der Waals surface area contributed by atoms with Crippen LogP contribution in [0.2, 0.25) is 0 Å². The summed E-state index contributed by atoms with van der Waals surface area (Å²) in [5.41, 5.74) is 0.373. The van der Waals surface area contributed by atoms with Gasteiger partial charge in [-0.05, 0) is 80.5 Å². The van der Waals surface area contributed by atoms with Crippen LogP contribution < -0.4 is 10.1 Å². The van der Waals surface area contributed by atoms with E-state index in [0.29, 0.717) is 44.8 Å². The molecule has 1 aromatic heterocycles. The van der Waals surface area contributed by atoms with Gasteiger partial charge in [0, 0.05) is 37.3 Å². The van der Waals surface area contributed by atoms with Crippen molar-refractivity contribution in [3.8, 4) is 5.75 Å². The molecule has 1 spiro atoms. The van der Waals surface area contributed by atoms with Gasteiger partial charge in [0.1, 0.15) is 18.5 Å². The van der Waals surface area contributed by atoms with Crippen LogP contribution in [0, 0.1) is 5.92 Å². The average molecular weight is 616 g/mol. The van der Waals surface area contributed by atoms with Crippen molar-refractivity contribution in [2.45, 2.75) is 59.6 Å². The van der Waals surface area contributed by atoms with Crippen LogP contribution in [0.15, 0.2) is 70.6 Å². The second kappa shape index (κ2) is 11.8. The van der Waals surface area contributed by atoms with Crippen LogP contribution in [0.5, 0.6) is 5.75 Å². The van der Waals surface area contributed by atoms with Gasteiger partial charge in [-0.25, -0.2) is 16.8 Å². The number of pyridine rings is 1. The van der Waals surface area contributed by atoms with Gasteiger partial charge in [0.25, 0.3) is 0 Å². The number of nitrogens with one attached hydrogen (secondary N) is 1. The Morgan fingerprint density at radius 2 is 1.86 bits per heavy atom. The van der Waals surface area contributed by atoms with E-state index in [1.54, 1.807) is 48.7 Å². The van der Waals surface area contributed by atoms with Gasteiger partial charge in [-0.15, -0.1) is 0 Å². The number of sulfonamides is 1. The third-order valence-corrected chi connectivity index (χ3v) is 12.2. The monoisotopic (exact) mass is 615 g/mol. The van der Waals surface area contributed by atoms with Gasteiger partial charge in [-0.2, -0.15) is 4.31 Å². The molecule has 3 aromatic rings. The molecule has 12 heteroatoms. The Bertz CT molecular complexity index is 1640. The molecule has 0 radical (unpaired) electrons. The summed E-state index contributed by atoms with van der Waals surface area (Å²) in [6, 6.07) is 15.2. The highest BCUT2D eigenvalue weighted by molar-refractivity contribution is 7.91. The Kier molecular flexibility index (Phi) is 8.29. The SMILES string of the molecule is O=S(=O)(CC1CC1)c1cccc(OCC(O)CN[C@H]2COC3(CCN(S(=O)(=O)c4ccc5ncccc5c4)CC3)C2)c1. The molecule has 2 aromatic carbocycles. The van der Waals surface area contributed by atoms with Gasteiger partial charge < -0.3 is 19.9 Å². The first kappa shape index (κ1) is 29.5. The first-order valence-corrected chi connectivity index (χ1v) is 17.6. The van der Waals surface area contributed by atoms with E-state index < -0.39 is 26.0 Å². The quantitative estimate of drug-likeness (QED) is 0.334. The Morgan fingerprint density at radius 3 is 2.64 bits per heavy atom. The summed E-state index contributed by atoms with van der Waals surface area (Å²) in [6.45, 7) is 1.56. The fourth-order valence-corrected chi connectivity index (χ4v) is 9.03. The van der Waals surface area contributed by atoms with Crippen molar-refractivity contribution in [2.75, 3.05) is 38.6 Å². The molecule has 6 rings (SSSR count). The Balaban J connectivity index is 0.962. The lowest BCUT2D eigenvalue weighted by Gasteiger charge is -2.38. The number of aromatic nitrogens is 1. The van der Waals surface area contributed by atoms with Crippen molar-refractivity contribution < 1.29 is 31.4 Å². The average Bonchev–Trinajstić information content (AvgIpc) is 3.72. The van der Waals surface area contributed by atoms with Gasteiger partial charge >= 0.3 is 0 Å². The Morgan fingerprint density at radius 1 is 1.05 bits per heavy atom. The molecular weight excluding hydrogens is 578 g/mol. The maximum atomic E-state index is 13.3. The Hall–Kier alpha value is -2.61. The summed E-state index contributed by atoms with van der Waals surface area (Å²) in [7, 11) is -6.96. The summed E-state index contributed by atoms with van der Waals surface area (Å²) in [5, 5.41) is 14.6. The maximum absolute atomic E-state index is 13.3. The largest absolute Gasteiger partial charge is 0.491 e. The van der Waals surface area contributed by atoms with Gasteiger partial charge in [0.15, 0.2) is 9.84 Å². The van der Waals surface area contributed by atoms with Crippen LogP contribution >= 0.6 is 0 Å². The number of ether oxygens (including phenoxy) is 2. The number of rotatable bonds is 11. The Labute approximate surface area is 247 Å². The zero-order valence-electron chi connectivity index (χ0n) is 23.4. The van der Waals surface area contributed by atoms with Crippen LogP contribution in [0.1, 0.15) is 32.1 Å². The van der Waals surface area contributed by atoms with E-state index >= 15 is 0 Å². The highest BCUT2D eigenvalue weighted by Gasteiger charge is 2.44. The lowest BCUT2D eigenvalue weighted by Crippen LogP contribution is -2.47. The van der Waals surface area contributed by atoms with Crippen molar-refractivity contribution in [3.63, 3.8) is 0 Å². The third kappa shape index (κ3) is 6.63. The molecule has 3 heterocycles. The molecule has 3 fully saturated rings. The molecular formula is C30H37N3O7S2. The minimum Gasteiger partial charge on any atom is -0.491 e. The van der Waals surface area contributed by atoms with E-state index in [9.17, 15) is 21.9 Å². The molecule has 2 saturated heterocycles. The van der Waals surface area contributed by atoms with Crippen LogP contribution in [-0.4, -0.2) is 87.6 Å². The summed E-state index contributed by atoms with van der Waals surface area (Å²) in [6.07, 6.45) is 4.76. The van der Waals surface area contributed by atoms with E-state index in [4.69, 9.17) is 9.47 Å². The first-order chi connectivity index (χ1) is 20.1. The normalized spacial score (nSPS) is 22.0. The number of nitrogens with zero attached hydrogens (tertiary/aromatic N) is 2. The lowest BCUT2D eigenvalue weighted by atomic mass is 9.88. The highest BCUT2D eigenvalue weighted by Crippen LogP contribution is 2.38. The number of benzene rings is 2. The zero-order chi connectivity index (χ0) is 29.4. The van der Waals surface area contributed by atoms with E-state index in [2.05, 4.69) is 10.3 Å². The molecule has 2 N–H and O–H groups in total. The van der Waals surface area contributed by atoms with Crippen LogP contribution in [0.3, 0.4) is 0 Å². The topological polar surface area (TPSA) is 135 Å². The molecule has 3 aliphatic rings. The molecule has 2 atom stereocenters. The number of aliphatic hydroxyl groups excluding tert-OH is 1. The summed E-state index contributed by atoms with van der Waals surface area (Å²) >= 11 is 0. The molecule has 0 bridgehead atoms.